The van der Waals surface area contributed by atoms with Gasteiger partial charge in [-0.05, 0) is 65.8 Å². The minimum atomic E-state index is 0.0999. The number of aryl methyl sites for hydroxylation is 2. The molecule has 1 aromatic heterocycles. The van der Waals surface area contributed by atoms with Crippen LogP contribution in [0.4, 0.5) is 0 Å². The molecule has 1 N–H and O–H groups in total. The Morgan fingerprint density at radius 1 is 1.39 bits per heavy atom. The molecule has 0 spiro atoms. The molecule has 150 valence electrons. The maximum Gasteiger partial charge on any atom is 0.173 e. The number of hydrogen-bond donors (Lipinski definition) is 1. The summed E-state index contributed by atoms with van der Waals surface area (Å²) in [6, 6.07) is 5.70. The Morgan fingerprint density at radius 2 is 2.18 bits per heavy atom. The number of rotatable bonds is 8. The van der Waals surface area contributed by atoms with Crippen LogP contribution in [0, 0.1) is 18.3 Å². The van der Waals surface area contributed by atoms with E-state index in [1.807, 2.05) is 18.2 Å². The van der Waals surface area contributed by atoms with Crippen molar-refractivity contribution in [2.45, 2.75) is 52.4 Å². The van der Waals surface area contributed by atoms with Crippen molar-refractivity contribution in [2.24, 2.45) is 11.3 Å². The standard InChI is InChI=1S/C23H27ClO3S/c1-13-20-15(12-16-21(20)23(16,2)3)22(28-13)18(26)7-5-14-6-8-19(17(24)11-14)27-10-4-9-25/h6,8,11,16,21,25H,4-5,7,9-10,12H2,1-3H3/t16-,21-/m1/s1. The molecule has 2 aliphatic rings. The molecule has 0 saturated heterocycles. The average molecular weight is 419 g/mol. The molecule has 0 aliphatic heterocycles. The van der Waals surface area contributed by atoms with Gasteiger partial charge in [-0.15, -0.1) is 11.3 Å². The summed E-state index contributed by atoms with van der Waals surface area (Å²) in [6.45, 7) is 7.42. The molecule has 3 nitrogen and oxygen atoms in total. The first-order valence-corrected chi connectivity index (χ1v) is 11.2. The third-order valence-corrected chi connectivity index (χ3v) is 7.97. The molecule has 2 atom stereocenters. The Hall–Kier alpha value is -1.36. The van der Waals surface area contributed by atoms with Crippen LogP contribution in [0.5, 0.6) is 5.75 Å². The van der Waals surface area contributed by atoms with Gasteiger partial charge in [0.25, 0.3) is 0 Å². The lowest BCUT2D eigenvalue weighted by molar-refractivity contribution is 0.0986. The van der Waals surface area contributed by atoms with E-state index in [1.165, 1.54) is 16.0 Å². The summed E-state index contributed by atoms with van der Waals surface area (Å²) < 4.78 is 5.55. The molecule has 2 aliphatic carbocycles. The number of benzene rings is 1. The van der Waals surface area contributed by atoms with Gasteiger partial charge in [-0.1, -0.05) is 31.5 Å². The number of halogens is 1. The molecule has 0 radical (unpaired) electrons. The Bertz CT molecular complexity index is 915. The van der Waals surface area contributed by atoms with E-state index < -0.39 is 0 Å². The molecular weight excluding hydrogens is 392 g/mol. The Kier molecular flexibility index (Phi) is 5.32. The van der Waals surface area contributed by atoms with Crippen molar-refractivity contribution in [2.75, 3.05) is 13.2 Å². The number of aliphatic hydroxyl groups is 1. The molecule has 1 saturated carbocycles. The number of thiophene rings is 1. The van der Waals surface area contributed by atoms with Gasteiger partial charge >= 0.3 is 0 Å². The molecule has 28 heavy (non-hydrogen) atoms. The lowest BCUT2D eigenvalue weighted by Gasteiger charge is -2.10. The van der Waals surface area contributed by atoms with Crippen molar-refractivity contribution in [1.29, 1.82) is 0 Å². The van der Waals surface area contributed by atoms with E-state index in [0.29, 0.717) is 48.0 Å². The fourth-order valence-electron chi connectivity index (χ4n) is 4.79. The van der Waals surface area contributed by atoms with Gasteiger partial charge in [0, 0.05) is 24.3 Å². The number of Topliss-reactive ketones (excluding diaryl/α,β-unsaturated/α-hetero) is 1. The second-order valence-corrected chi connectivity index (χ2v) is 10.2. The van der Waals surface area contributed by atoms with Crippen LogP contribution in [0.3, 0.4) is 0 Å². The number of ether oxygens (including phenoxy) is 1. The van der Waals surface area contributed by atoms with E-state index in [1.54, 1.807) is 11.3 Å². The molecule has 0 amide bonds. The predicted octanol–water partition coefficient (Wildman–Crippen LogP) is 5.58. The summed E-state index contributed by atoms with van der Waals surface area (Å²) in [6.07, 6.45) is 2.84. The maximum atomic E-state index is 12.9. The maximum absolute atomic E-state index is 12.9. The number of carbonyl (C=O) groups excluding carboxylic acids is 1. The van der Waals surface area contributed by atoms with Crippen LogP contribution in [-0.4, -0.2) is 24.1 Å². The van der Waals surface area contributed by atoms with Crippen molar-refractivity contribution >= 4 is 28.7 Å². The van der Waals surface area contributed by atoms with Crippen LogP contribution in [0.2, 0.25) is 5.02 Å². The molecule has 0 unspecified atom stereocenters. The van der Waals surface area contributed by atoms with Crippen LogP contribution in [0.1, 0.15) is 63.8 Å². The Balaban J connectivity index is 1.40. The highest BCUT2D eigenvalue weighted by atomic mass is 35.5. The number of hydrogen-bond acceptors (Lipinski definition) is 4. The van der Waals surface area contributed by atoms with Gasteiger partial charge in [0.2, 0.25) is 0 Å². The lowest BCUT2D eigenvalue weighted by Crippen LogP contribution is -2.05. The summed E-state index contributed by atoms with van der Waals surface area (Å²) in [5.74, 6) is 2.28. The topological polar surface area (TPSA) is 46.5 Å². The number of carbonyl (C=O) groups is 1. The lowest BCUT2D eigenvalue weighted by atomic mass is 9.94. The first-order valence-electron chi connectivity index (χ1n) is 10.0. The van der Waals surface area contributed by atoms with E-state index in [2.05, 4.69) is 20.8 Å². The fraction of sp³-hybridized carbons (Fsp3) is 0.522. The summed E-state index contributed by atoms with van der Waals surface area (Å²) >= 11 is 7.99. The predicted molar refractivity (Wildman–Crippen MR) is 114 cm³/mol. The second kappa shape index (κ2) is 7.47. The van der Waals surface area contributed by atoms with Crippen LogP contribution in [-0.2, 0) is 12.8 Å². The van der Waals surface area contributed by atoms with Crippen molar-refractivity contribution in [3.63, 3.8) is 0 Å². The summed E-state index contributed by atoms with van der Waals surface area (Å²) in [4.78, 5) is 15.3. The largest absolute Gasteiger partial charge is 0.492 e. The monoisotopic (exact) mass is 418 g/mol. The smallest absolute Gasteiger partial charge is 0.173 e. The fourth-order valence-corrected chi connectivity index (χ4v) is 6.25. The Morgan fingerprint density at radius 3 is 2.89 bits per heavy atom. The average Bonchev–Trinajstić information content (AvgIpc) is 2.99. The van der Waals surface area contributed by atoms with Crippen molar-refractivity contribution in [3.05, 3.63) is 49.7 Å². The first-order chi connectivity index (χ1) is 13.3. The van der Waals surface area contributed by atoms with E-state index in [4.69, 9.17) is 21.4 Å². The van der Waals surface area contributed by atoms with Gasteiger partial charge in [-0.2, -0.15) is 0 Å². The third kappa shape index (κ3) is 3.40. The highest BCUT2D eigenvalue weighted by molar-refractivity contribution is 7.14. The van der Waals surface area contributed by atoms with Crippen molar-refractivity contribution in [3.8, 4) is 5.75 Å². The van der Waals surface area contributed by atoms with Crippen LogP contribution >= 0.6 is 22.9 Å². The van der Waals surface area contributed by atoms with E-state index in [0.717, 1.165) is 22.8 Å². The van der Waals surface area contributed by atoms with E-state index >= 15 is 0 Å². The molecule has 0 bridgehead atoms. The molecule has 1 heterocycles. The zero-order valence-corrected chi connectivity index (χ0v) is 18.3. The molecule has 5 heteroatoms. The number of aliphatic hydroxyl groups excluding tert-OH is 1. The third-order valence-electron chi connectivity index (χ3n) is 6.47. The molecule has 2 aromatic rings. The first kappa shape index (κ1) is 19.9. The van der Waals surface area contributed by atoms with Crippen molar-refractivity contribution in [1.82, 2.24) is 0 Å². The highest BCUT2D eigenvalue weighted by Crippen LogP contribution is 2.71. The molecule has 1 aromatic carbocycles. The number of fused-ring (bicyclic) bond motifs is 3. The Labute approximate surface area is 175 Å². The summed E-state index contributed by atoms with van der Waals surface area (Å²) in [5, 5.41) is 9.39. The van der Waals surface area contributed by atoms with Crippen LogP contribution in [0.15, 0.2) is 18.2 Å². The quantitative estimate of drug-likeness (QED) is 0.449. The van der Waals surface area contributed by atoms with Gasteiger partial charge in [-0.3, -0.25) is 4.79 Å². The van der Waals surface area contributed by atoms with Gasteiger partial charge < -0.3 is 9.84 Å². The number of ketones is 1. The highest BCUT2D eigenvalue weighted by Gasteiger charge is 2.63. The molecular formula is C23H27ClO3S. The minimum Gasteiger partial charge on any atom is -0.492 e. The van der Waals surface area contributed by atoms with E-state index in [-0.39, 0.29) is 12.4 Å². The molecule has 4 rings (SSSR count). The molecule has 1 fully saturated rings. The van der Waals surface area contributed by atoms with Gasteiger partial charge in [-0.25, -0.2) is 0 Å². The van der Waals surface area contributed by atoms with Crippen LogP contribution in [0.25, 0.3) is 0 Å². The van der Waals surface area contributed by atoms with Gasteiger partial charge in [0.15, 0.2) is 5.78 Å². The second-order valence-electron chi connectivity index (χ2n) is 8.60. The zero-order chi connectivity index (χ0) is 20.1. The van der Waals surface area contributed by atoms with Crippen LogP contribution < -0.4 is 4.74 Å². The van der Waals surface area contributed by atoms with E-state index in [9.17, 15) is 4.79 Å². The normalized spacial score (nSPS) is 21.3. The summed E-state index contributed by atoms with van der Waals surface area (Å²) in [5.41, 5.74) is 4.28. The minimum absolute atomic E-state index is 0.0999. The van der Waals surface area contributed by atoms with Gasteiger partial charge in [0.05, 0.1) is 16.5 Å². The zero-order valence-electron chi connectivity index (χ0n) is 16.7. The summed E-state index contributed by atoms with van der Waals surface area (Å²) in [7, 11) is 0. The van der Waals surface area contributed by atoms with Crippen molar-refractivity contribution < 1.29 is 14.6 Å². The SMILES string of the molecule is Cc1sc(C(=O)CCc2ccc(OCCCO)c(Cl)c2)c2c1[C@H]1[C@@H](C2)C1(C)C. The van der Waals surface area contributed by atoms with Gasteiger partial charge in [0.1, 0.15) is 5.75 Å².